The van der Waals surface area contributed by atoms with Crippen molar-refractivity contribution in [2.24, 2.45) is 5.84 Å². The molecule has 0 radical (unpaired) electrons. The number of pyridine rings is 1. The van der Waals surface area contributed by atoms with Crippen LogP contribution in [0.5, 0.6) is 0 Å². The van der Waals surface area contributed by atoms with Crippen LogP contribution in [0.1, 0.15) is 28.4 Å². The monoisotopic (exact) mass is 245 g/mol. The molecule has 0 saturated heterocycles. The molecule has 0 fully saturated rings. The summed E-state index contributed by atoms with van der Waals surface area (Å²) < 4.78 is 13.1. The van der Waals surface area contributed by atoms with Crippen molar-refractivity contribution in [1.82, 2.24) is 10.4 Å². The van der Waals surface area contributed by atoms with Crippen LogP contribution in [-0.4, -0.2) is 4.98 Å². The van der Waals surface area contributed by atoms with Gasteiger partial charge in [0, 0.05) is 11.9 Å². The van der Waals surface area contributed by atoms with E-state index in [-0.39, 0.29) is 11.9 Å². The molecule has 0 aliphatic heterocycles. The van der Waals surface area contributed by atoms with Gasteiger partial charge in [0.25, 0.3) is 0 Å². The van der Waals surface area contributed by atoms with E-state index in [1.54, 1.807) is 12.3 Å². The fourth-order valence-electron chi connectivity index (χ4n) is 2.11. The average Bonchev–Trinajstić information content (AvgIpc) is 2.34. The summed E-state index contributed by atoms with van der Waals surface area (Å²) in [6.07, 6.45) is 1.74. The topological polar surface area (TPSA) is 50.9 Å². The maximum Gasteiger partial charge on any atom is 0.123 e. The molecule has 18 heavy (non-hydrogen) atoms. The third-order valence-electron chi connectivity index (χ3n) is 3.07. The van der Waals surface area contributed by atoms with Crippen molar-refractivity contribution in [2.75, 3.05) is 0 Å². The number of benzene rings is 1. The van der Waals surface area contributed by atoms with Crippen LogP contribution < -0.4 is 11.3 Å². The van der Waals surface area contributed by atoms with Crippen LogP contribution in [-0.2, 0) is 0 Å². The number of halogens is 1. The highest BCUT2D eigenvalue weighted by molar-refractivity contribution is 5.38. The highest BCUT2D eigenvalue weighted by Gasteiger charge is 2.17. The van der Waals surface area contributed by atoms with Crippen LogP contribution in [0.2, 0.25) is 0 Å². The summed E-state index contributed by atoms with van der Waals surface area (Å²) >= 11 is 0. The minimum absolute atomic E-state index is 0.181. The standard InChI is InChI=1S/C14H16FN3/c1-9-8-11(15)5-6-12(9)14(18-16)13-4-3-7-17-10(13)2/h3-8,14,18H,16H2,1-2H3. The largest absolute Gasteiger partial charge is 0.271 e. The van der Waals surface area contributed by atoms with Gasteiger partial charge in [-0.05, 0) is 48.7 Å². The van der Waals surface area contributed by atoms with E-state index in [1.807, 2.05) is 26.0 Å². The van der Waals surface area contributed by atoms with E-state index < -0.39 is 0 Å². The first kappa shape index (κ1) is 12.7. The maximum absolute atomic E-state index is 13.1. The van der Waals surface area contributed by atoms with Crippen LogP contribution in [0.3, 0.4) is 0 Å². The summed E-state index contributed by atoms with van der Waals surface area (Å²) in [5.41, 5.74) is 6.49. The van der Waals surface area contributed by atoms with Gasteiger partial charge in [-0.3, -0.25) is 10.8 Å². The van der Waals surface area contributed by atoms with Gasteiger partial charge in [-0.1, -0.05) is 12.1 Å². The number of nitrogens with zero attached hydrogens (tertiary/aromatic N) is 1. The Morgan fingerprint density at radius 2 is 2.00 bits per heavy atom. The molecule has 0 bridgehead atoms. The molecule has 2 aromatic rings. The van der Waals surface area contributed by atoms with E-state index in [2.05, 4.69) is 10.4 Å². The molecular formula is C14H16FN3. The Balaban J connectivity index is 2.49. The second-order valence-electron chi connectivity index (χ2n) is 4.28. The minimum atomic E-state index is -0.241. The predicted octanol–water partition coefficient (Wildman–Crippen LogP) is 2.39. The Morgan fingerprint density at radius 1 is 1.22 bits per heavy atom. The summed E-state index contributed by atoms with van der Waals surface area (Å²) in [6.45, 7) is 3.80. The highest BCUT2D eigenvalue weighted by Crippen LogP contribution is 2.26. The molecule has 3 N–H and O–H groups in total. The van der Waals surface area contributed by atoms with E-state index >= 15 is 0 Å². The zero-order valence-electron chi connectivity index (χ0n) is 10.4. The molecule has 94 valence electrons. The van der Waals surface area contributed by atoms with Crippen molar-refractivity contribution >= 4 is 0 Å². The minimum Gasteiger partial charge on any atom is -0.271 e. The Hall–Kier alpha value is -1.78. The van der Waals surface area contributed by atoms with Gasteiger partial charge in [0.1, 0.15) is 5.82 Å². The fraction of sp³-hybridized carbons (Fsp3) is 0.214. The first-order chi connectivity index (χ1) is 8.63. The quantitative estimate of drug-likeness (QED) is 0.645. The number of rotatable bonds is 3. The molecule has 0 aliphatic carbocycles. The van der Waals surface area contributed by atoms with E-state index in [1.165, 1.54) is 12.1 Å². The summed E-state index contributed by atoms with van der Waals surface area (Å²) in [5, 5.41) is 0. The van der Waals surface area contributed by atoms with E-state index in [4.69, 9.17) is 5.84 Å². The molecular weight excluding hydrogens is 229 g/mol. The lowest BCUT2D eigenvalue weighted by molar-refractivity contribution is 0.609. The Kier molecular flexibility index (Phi) is 3.69. The molecule has 0 spiro atoms. The molecule has 3 nitrogen and oxygen atoms in total. The fourth-order valence-corrected chi connectivity index (χ4v) is 2.11. The summed E-state index contributed by atoms with van der Waals surface area (Å²) in [5.74, 6) is 5.40. The lowest BCUT2D eigenvalue weighted by atomic mass is 9.94. The van der Waals surface area contributed by atoms with Gasteiger partial charge in [0.2, 0.25) is 0 Å². The number of aromatic nitrogens is 1. The summed E-state index contributed by atoms with van der Waals surface area (Å²) in [7, 11) is 0. The molecule has 1 aromatic heterocycles. The van der Waals surface area contributed by atoms with Crippen molar-refractivity contribution in [3.05, 3.63) is 64.7 Å². The Bertz CT molecular complexity index is 554. The van der Waals surface area contributed by atoms with Crippen molar-refractivity contribution in [1.29, 1.82) is 0 Å². The first-order valence-corrected chi connectivity index (χ1v) is 5.77. The van der Waals surface area contributed by atoms with Gasteiger partial charge in [0.05, 0.1) is 6.04 Å². The third kappa shape index (κ3) is 2.39. The number of nitrogens with two attached hydrogens (primary N) is 1. The summed E-state index contributed by atoms with van der Waals surface area (Å²) in [4.78, 5) is 4.25. The molecule has 2 rings (SSSR count). The van der Waals surface area contributed by atoms with Crippen LogP contribution in [0.15, 0.2) is 36.5 Å². The summed E-state index contributed by atoms with van der Waals surface area (Å²) in [6, 6.07) is 8.35. The number of aryl methyl sites for hydroxylation is 2. The number of hydrazine groups is 1. The molecule has 1 heterocycles. The van der Waals surface area contributed by atoms with Crippen molar-refractivity contribution in [2.45, 2.75) is 19.9 Å². The molecule has 4 heteroatoms. The Labute approximate surface area is 106 Å². The van der Waals surface area contributed by atoms with E-state index in [0.29, 0.717) is 0 Å². The molecule has 1 atom stereocenters. The van der Waals surface area contributed by atoms with Gasteiger partial charge in [0.15, 0.2) is 0 Å². The highest BCUT2D eigenvalue weighted by atomic mass is 19.1. The smallest absolute Gasteiger partial charge is 0.123 e. The van der Waals surface area contributed by atoms with Crippen LogP contribution >= 0.6 is 0 Å². The van der Waals surface area contributed by atoms with Crippen molar-refractivity contribution < 1.29 is 4.39 Å². The molecule has 1 unspecified atom stereocenters. The molecule has 0 amide bonds. The molecule has 0 saturated carbocycles. The molecule has 0 aliphatic rings. The van der Waals surface area contributed by atoms with Crippen LogP contribution in [0, 0.1) is 19.7 Å². The molecule has 1 aromatic carbocycles. The Morgan fingerprint density at radius 3 is 2.61 bits per heavy atom. The number of hydrogen-bond donors (Lipinski definition) is 2. The van der Waals surface area contributed by atoms with Gasteiger partial charge in [-0.2, -0.15) is 0 Å². The van der Waals surface area contributed by atoms with Gasteiger partial charge < -0.3 is 0 Å². The van der Waals surface area contributed by atoms with Crippen molar-refractivity contribution in [3.8, 4) is 0 Å². The predicted molar refractivity (Wildman–Crippen MR) is 69.3 cm³/mol. The van der Waals surface area contributed by atoms with Gasteiger partial charge in [-0.25, -0.2) is 9.82 Å². The van der Waals surface area contributed by atoms with Crippen LogP contribution in [0.25, 0.3) is 0 Å². The number of nitrogens with one attached hydrogen (secondary N) is 1. The van der Waals surface area contributed by atoms with Crippen LogP contribution in [0.4, 0.5) is 4.39 Å². The third-order valence-corrected chi connectivity index (χ3v) is 3.07. The first-order valence-electron chi connectivity index (χ1n) is 5.77. The second-order valence-corrected chi connectivity index (χ2v) is 4.28. The average molecular weight is 245 g/mol. The lowest BCUT2D eigenvalue weighted by Gasteiger charge is -2.20. The van der Waals surface area contributed by atoms with Crippen molar-refractivity contribution in [3.63, 3.8) is 0 Å². The lowest BCUT2D eigenvalue weighted by Crippen LogP contribution is -2.30. The zero-order chi connectivity index (χ0) is 13.1. The maximum atomic E-state index is 13.1. The van der Waals surface area contributed by atoms with Gasteiger partial charge >= 0.3 is 0 Å². The van der Waals surface area contributed by atoms with E-state index in [0.717, 1.165) is 22.4 Å². The second kappa shape index (κ2) is 5.25. The SMILES string of the molecule is Cc1cc(F)ccc1C(NN)c1cccnc1C. The van der Waals surface area contributed by atoms with Gasteiger partial charge in [-0.15, -0.1) is 0 Å². The normalized spacial score (nSPS) is 12.4. The van der Waals surface area contributed by atoms with E-state index in [9.17, 15) is 4.39 Å². The zero-order valence-corrected chi connectivity index (χ0v) is 10.4. The number of hydrogen-bond acceptors (Lipinski definition) is 3.